The first-order valence-corrected chi connectivity index (χ1v) is 4.93. The van der Waals surface area contributed by atoms with E-state index in [1.807, 2.05) is 0 Å². The molecule has 0 radical (unpaired) electrons. The first-order chi connectivity index (χ1) is 8.29. The molecule has 0 aromatic heterocycles. The number of hydrogen-bond acceptors (Lipinski definition) is 2. The minimum absolute atomic E-state index is 0.276. The molecule has 0 fully saturated rings. The Labute approximate surface area is 99.4 Å². The number of benzene rings is 1. The van der Waals surface area contributed by atoms with E-state index in [9.17, 15) is 26.7 Å². The number of carbonyl (C=O) groups excluding carboxylic acids is 1. The van der Waals surface area contributed by atoms with Crippen molar-refractivity contribution in [2.45, 2.75) is 25.6 Å². The molecule has 0 amide bonds. The van der Waals surface area contributed by atoms with Gasteiger partial charge in [-0.1, -0.05) is 12.1 Å². The van der Waals surface area contributed by atoms with Gasteiger partial charge in [0.25, 0.3) is 0 Å². The van der Waals surface area contributed by atoms with Gasteiger partial charge in [-0.2, -0.15) is 22.0 Å². The summed E-state index contributed by atoms with van der Waals surface area (Å²) in [5, 5.41) is 0. The Morgan fingerprint density at radius 2 is 1.83 bits per heavy atom. The van der Waals surface area contributed by atoms with Crippen molar-refractivity contribution < 1.29 is 31.5 Å². The average molecular weight is 268 g/mol. The van der Waals surface area contributed by atoms with Crippen LogP contribution in [0, 0.1) is 0 Å². The number of ketones is 1. The molecule has 1 rings (SSSR count). The van der Waals surface area contributed by atoms with Crippen LogP contribution in [0.2, 0.25) is 0 Å². The molecule has 7 heteroatoms. The largest absolute Gasteiger partial charge is 0.434 e. The van der Waals surface area contributed by atoms with Gasteiger partial charge in [-0.05, 0) is 12.1 Å². The van der Waals surface area contributed by atoms with Gasteiger partial charge in [-0.15, -0.1) is 0 Å². The van der Waals surface area contributed by atoms with Crippen LogP contribution in [0.3, 0.4) is 0 Å². The minimum atomic E-state index is -4.46. The van der Waals surface area contributed by atoms with Gasteiger partial charge in [0.05, 0.1) is 12.0 Å². The van der Waals surface area contributed by atoms with Gasteiger partial charge in [0.2, 0.25) is 0 Å². The second kappa shape index (κ2) is 5.79. The molecule has 1 aromatic carbocycles. The summed E-state index contributed by atoms with van der Waals surface area (Å²) in [5.41, 5.74) is -0.276. The zero-order valence-corrected chi connectivity index (χ0v) is 9.01. The van der Waals surface area contributed by atoms with Crippen LogP contribution in [0.25, 0.3) is 0 Å². The molecule has 0 N–H and O–H groups in total. The summed E-state index contributed by atoms with van der Waals surface area (Å²) < 4.78 is 63.9. The molecular formula is C11H9F5O2. The van der Waals surface area contributed by atoms with Crippen molar-refractivity contribution in [3.63, 3.8) is 0 Å². The molecule has 0 aliphatic carbocycles. The molecule has 0 bridgehead atoms. The van der Waals surface area contributed by atoms with Crippen molar-refractivity contribution in [2.75, 3.05) is 0 Å². The molecule has 0 aliphatic heterocycles. The van der Waals surface area contributed by atoms with E-state index in [0.717, 1.165) is 12.1 Å². The number of halogens is 5. The molecule has 18 heavy (non-hydrogen) atoms. The Balaban J connectivity index is 2.79. The van der Waals surface area contributed by atoms with Gasteiger partial charge in [-0.3, -0.25) is 4.79 Å². The van der Waals surface area contributed by atoms with Crippen molar-refractivity contribution in [3.8, 4) is 5.75 Å². The highest BCUT2D eigenvalue weighted by Gasteiger charge is 2.28. The third kappa shape index (κ3) is 4.68. The number of hydrogen-bond donors (Lipinski definition) is 0. The maximum Gasteiger partial charge on any atom is 0.389 e. The van der Waals surface area contributed by atoms with Crippen molar-refractivity contribution >= 4 is 5.78 Å². The summed E-state index contributed by atoms with van der Waals surface area (Å²) in [6.45, 7) is -3.14. The number of Topliss-reactive ketones (excluding diaryl/α,β-unsaturated/α-hetero) is 1. The monoisotopic (exact) mass is 268 g/mol. The second-order valence-electron chi connectivity index (χ2n) is 3.41. The zero-order valence-electron chi connectivity index (χ0n) is 9.01. The fourth-order valence-electron chi connectivity index (χ4n) is 1.29. The van der Waals surface area contributed by atoms with Gasteiger partial charge >= 0.3 is 12.8 Å². The lowest BCUT2D eigenvalue weighted by Crippen LogP contribution is -2.12. The Morgan fingerprint density at radius 3 is 2.39 bits per heavy atom. The van der Waals surface area contributed by atoms with Crippen molar-refractivity contribution in [1.29, 1.82) is 0 Å². The quantitative estimate of drug-likeness (QED) is 0.599. The fraction of sp³-hybridized carbons (Fsp3) is 0.364. The predicted molar refractivity (Wildman–Crippen MR) is 52.7 cm³/mol. The van der Waals surface area contributed by atoms with E-state index < -0.39 is 37.2 Å². The second-order valence-corrected chi connectivity index (χ2v) is 3.41. The van der Waals surface area contributed by atoms with E-state index in [4.69, 9.17) is 0 Å². The van der Waals surface area contributed by atoms with Crippen molar-refractivity contribution in [2.24, 2.45) is 0 Å². The molecule has 0 aliphatic rings. The van der Waals surface area contributed by atoms with Gasteiger partial charge in [-0.25, -0.2) is 0 Å². The average Bonchev–Trinajstić information content (AvgIpc) is 2.25. The summed E-state index contributed by atoms with van der Waals surface area (Å²) in [4.78, 5) is 11.5. The first-order valence-electron chi connectivity index (χ1n) is 4.93. The Morgan fingerprint density at radius 1 is 1.22 bits per heavy atom. The third-order valence-corrected chi connectivity index (χ3v) is 2.04. The molecule has 0 spiro atoms. The van der Waals surface area contributed by atoms with Gasteiger partial charge < -0.3 is 4.74 Å². The Hall–Kier alpha value is -1.66. The highest BCUT2D eigenvalue weighted by atomic mass is 19.4. The summed E-state index contributed by atoms with van der Waals surface area (Å²) in [7, 11) is 0. The van der Waals surface area contributed by atoms with Crippen LogP contribution in [0.1, 0.15) is 23.2 Å². The molecule has 0 heterocycles. The number of rotatable bonds is 5. The minimum Gasteiger partial charge on any atom is -0.434 e. The van der Waals surface area contributed by atoms with E-state index >= 15 is 0 Å². The molecule has 1 aromatic rings. The Bertz CT molecular complexity index is 414. The molecule has 0 atom stereocenters. The highest BCUT2D eigenvalue weighted by molar-refractivity contribution is 5.98. The topological polar surface area (TPSA) is 26.3 Å². The summed E-state index contributed by atoms with van der Waals surface area (Å²) in [6, 6.07) is 4.96. The van der Waals surface area contributed by atoms with E-state index in [-0.39, 0.29) is 5.56 Å². The summed E-state index contributed by atoms with van der Waals surface area (Å²) in [6.07, 6.45) is -6.56. The normalized spacial score (nSPS) is 11.7. The SMILES string of the molecule is O=C(CCC(F)(F)F)c1ccccc1OC(F)F. The maximum absolute atomic E-state index is 12.0. The predicted octanol–water partition coefficient (Wildman–Crippen LogP) is 3.81. The third-order valence-electron chi connectivity index (χ3n) is 2.04. The lowest BCUT2D eigenvalue weighted by atomic mass is 10.1. The highest BCUT2D eigenvalue weighted by Crippen LogP contribution is 2.26. The fourth-order valence-corrected chi connectivity index (χ4v) is 1.29. The van der Waals surface area contributed by atoms with Crippen molar-refractivity contribution in [3.05, 3.63) is 29.8 Å². The van der Waals surface area contributed by atoms with Gasteiger partial charge in [0.1, 0.15) is 5.75 Å². The number of ether oxygens (including phenoxy) is 1. The summed E-state index contributed by atoms with van der Waals surface area (Å²) >= 11 is 0. The van der Waals surface area contributed by atoms with Gasteiger partial charge in [0, 0.05) is 6.42 Å². The van der Waals surface area contributed by atoms with E-state index in [1.54, 1.807) is 0 Å². The molecule has 0 saturated carbocycles. The lowest BCUT2D eigenvalue weighted by molar-refractivity contribution is -0.133. The maximum atomic E-state index is 12.0. The van der Waals surface area contributed by atoms with Crippen LogP contribution in [-0.4, -0.2) is 18.6 Å². The van der Waals surface area contributed by atoms with E-state index in [1.165, 1.54) is 12.1 Å². The molecular weight excluding hydrogens is 259 g/mol. The molecule has 0 unspecified atom stereocenters. The molecule has 100 valence electrons. The number of alkyl halides is 5. The molecule has 0 saturated heterocycles. The van der Waals surface area contributed by atoms with Crippen molar-refractivity contribution in [1.82, 2.24) is 0 Å². The van der Waals surface area contributed by atoms with Crippen LogP contribution < -0.4 is 4.74 Å². The van der Waals surface area contributed by atoms with Crippen LogP contribution >= 0.6 is 0 Å². The summed E-state index contributed by atoms with van der Waals surface area (Å²) in [5.74, 6) is -1.30. The lowest BCUT2D eigenvalue weighted by Gasteiger charge is -2.10. The standard InChI is InChI=1S/C11H9F5O2/c12-10(13)18-9-4-2-1-3-7(9)8(17)5-6-11(14,15)16/h1-4,10H,5-6H2. The van der Waals surface area contributed by atoms with Crippen LogP contribution in [0.15, 0.2) is 24.3 Å². The van der Waals surface area contributed by atoms with Crippen LogP contribution in [-0.2, 0) is 0 Å². The Kier molecular flexibility index (Phi) is 4.63. The number of para-hydroxylation sites is 1. The smallest absolute Gasteiger partial charge is 0.389 e. The van der Waals surface area contributed by atoms with E-state index in [0.29, 0.717) is 0 Å². The number of carbonyl (C=O) groups is 1. The van der Waals surface area contributed by atoms with Crippen LogP contribution in [0.5, 0.6) is 5.75 Å². The van der Waals surface area contributed by atoms with Gasteiger partial charge in [0.15, 0.2) is 5.78 Å². The zero-order chi connectivity index (χ0) is 13.8. The molecule has 2 nitrogen and oxygen atoms in total. The van der Waals surface area contributed by atoms with Crippen LogP contribution in [0.4, 0.5) is 22.0 Å². The first kappa shape index (κ1) is 14.4. The van der Waals surface area contributed by atoms with E-state index in [2.05, 4.69) is 4.74 Å².